The largest absolute Gasteiger partial charge is 0.391 e. The van der Waals surface area contributed by atoms with E-state index in [1.165, 1.54) is 0 Å². The second-order valence-corrected chi connectivity index (χ2v) is 7.89. The first-order valence-corrected chi connectivity index (χ1v) is 8.59. The third-order valence-corrected chi connectivity index (χ3v) is 6.63. The van der Waals surface area contributed by atoms with Gasteiger partial charge in [0.2, 0.25) is 15.9 Å². The lowest BCUT2D eigenvalue weighted by Crippen LogP contribution is -2.53. The fourth-order valence-electron chi connectivity index (χ4n) is 2.93. The number of hydrogen-bond donors (Lipinski definition) is 1. The van der Waals surface area contributed by atoms with Crippen LogP contribution in [0.1, 0.15) is 25.7 Å². The van der Waals surface area contributed by atoms with Crippen LogP contribution >= 0.6 is 0 Å². The van der Waals surface area contributed by atoms with E-state index in [-0.39, 0.29) is 45.4 Å². The predicted octanol–water partition coefficient (Wildman–Crippen LogP) is 0.623. The predicted molar refractivity (Wildman–Crippen MR) is 71.2 cm³/mol. The van der Waals surface area contributed by atoms with Crippen LogP contribution in [0.15, 0.2) is 0 Å². The van der Waals surface area contributed by atoms with Gasteiger partial charge in [-0.25, -0.2) is 8.42 Å². The summed E-state index contributed by atoms with van der Waals surface area (Å²) in [5.74, 6) is -2.18. The van der Waals surface area contributed by atoms with Gasteiger partial charge >= 0.3 is 6.18 Å². The molecule has 0 aromatic rings. The van der Waals surface area contributed by atoms with Crippen molar-refractivity contribution in [3.8, 4) is 0 Å². The van der Waals surface area contributed by atoms with E-state index in [0.717, 1.165) is 4.31 Å². The number of primary amides is 1. The lowest BCUT2D eigenvalue weighted by atomic mass is 9.88. The van der Waals surface area contributed by atoms with E-state index >= 15 is 0 Å². The smallest absolute Gasteiger partial charge is 0.367 e. The second-order valence-electron chi connectivity index (χ2n) is 5.68. The highest BCUT2D eigenvalue weighted by Gasteiger charge is 2.45. The summed E-state index contributed by atoms with van der Waals surface area (Å²) in [5, 5.41) is -0.835. The monoisotopic (exact) mass is 344 g/mol. The van der Waals surface area contributed by atoms with E-state index in [9.17, 15) is 26.4 Å². The Bertz CT molecular complexity index is 515. The molecular formula is C12H19F3N2O4S. The molecule has 2 fully saturated rings. The summed E-state index contributed by atoms with van der Waals surface area (Å²) in [5.41, 5.74) is 5.11. The molecule has 1 heterocycles. The van der Waals surface area contributed by atoms with Crippen molar-refractivity contribution in [1.29, 1.82) is 0 Å². The minimum atomic E-state index is -4.27. The van der Waals surface area contributed by atoms with Crippen LogP contribution in [0.25, 0.3) is 0 Å². The number of alkyl halides is 3. The summed E-state index contributed by atoms with van der Waals surface area (Å²) < 4.78 is 69.1. The highest BCUT2D eigenvalue weighted by atomic mass is 32.2. The molecule has 0 spiro atoms. The first-order valence-electron chi connectivity index (χ1n) is 7.09. The molecule has 1 atom stereocenters. The Morgan fingerprint density at radius 1 is 1.18 bits per heavy atom. The molecule has 1 saturated carbocycles. The number of ether oxygens (including phenoxy) is 1. The zero-order valence-corrected chi connectivity index (χ0v) is 12.7. The highest BCUT2D eigenvalue weighted by Crippen LogP contribution is 2.39. The SMILES string of the molecule is NC(=O)C1CN(S(=O)(=O)C2CCC(C(F)(F)F)CC2)CCO1. The number of morpholine rings is 1. The van der Waals surface area contributed by atoms with Crippen molar-refractivity contribution >= 4 is 15.9 Å². The van der Waals surface area contributed by atoms with Gasteiger partial charge in [0.15, 0.2) is 0 Å². The number of nitrogens with zero attached hydrogens (tertiary/aromatic N) is 1. The van der Waals surface area contributed by atoms with E-state index < -0.39 is 39.4 Å². The number of hydrogen-bond acceptors (Lipinski definition) is 4. The van der Waals surface area contributed by atoms with Crippen LogP contribution in [0.3, 0.4) is 0 Å². The van der Waals surface area contributed by atoms with Gasteiger partial charge in [0, 0.05) is 13.1 Å². The first kappa shape index (κ1) is 17.5. The number of amides is 1. The fourth-order valence-corrected chi connectivity index (χ4v) is 4.89. The second kappa shape index (κ2) is 6.32. The minimum absolute atomic E-state index is 0.0227. The van der Waals surface area contributed by atoms with Gasteiger partial charge in [-0.1, -0.05) is 0 Å². The lowest BCUT2D eigenvalue weighted by molar-refractivity contribution is -0.181. The standard InChI is InChI=1S/C12H19F3N2O4S/c13-12(14,15)8-1-3-9(4-2-8)22(19,20)17-5-6-21-10(7-17)11(16)18/h8-10H,1-7H2,(H2,16,18). The average Bonchev–Trinajstić information content (AvgIpc) is 2.46. The molecule has 1 amide bonds. The van der Waals surface area contributed by atoms with Crippen molar-refractivity contribution in [3.63, 3.8) is 0 Å². The quantitative estimate of drug-likeness (QED) is 0.813. The number of carbonyl (C=O) groups excluding carboxylic acids is 1. The summed E-state index contributed by atoms with van der Waals surface area (Å²) in [7, 11) is -3.74. The van der Waals surface area contributed by atoms with Crippen LogP contribution in [-0.2, 0) is 19.6 Å². The van der Waals surface area contributed by atoms with E-state index in [2.05, 4.69) is 0 Å². The molecule has 2 N–H and O–H groups in total. The van der Waals surface area contributed by atoms with Crippen molar-refractivity contribution in [1.82, 2.24) is 4.31 Å². The van der Waals surface area contributed by atoms with Crippen LogP contribution in [0, 0.1) is 5.92 Å². The molecule has 1 aliphatic heterocycles. The summed E-state index contributed by atoms with van der Waals surface area (Å²) >= 11 is 0. The third-order valence-electron chi connectivity index (χ3n) is 4.26. The summed E-state index contributed by atoms with van der Waals surface area (Å²) in [6.45, 7) is -0.0348. The summed E-state index contributed by atoms with van der Waals surface area (Å²) in [6.07, 6.45) is -5.69. The van der Waals surface area contributed by atoms with Crippen LogP contribution in [-0.4, -0.2) is 55.9 Å². The normalized spacial score (nSPS) is 31.9. The van der Waals surface area contributed by atoms with Gasteiger partial charge in [0.25, 0.3) is 0 Å². The molecule has 1 unspecified atom stereocenters. The average molecular weight is 344 g/mol. The fraction of sp³-hybridized carbons (Fsp3) is 0.917. The van der Waals surface area contributed by atoms with Crippen molar-refractivity contribution in [2.24, 2.45) is 11.7 Å². The third kappa shape index (κ3) is 3.72. The molecule has 2 aliphatic rings. The molecule has 10 heteroatoms. The first-order chi connectivity index (χ1) is 10.1. The molecule has 0 bridgehead atoms. The number of halogens is 3. The molecule has 0 aromatic carbocycles. The Morgan fingerprint density at radius 2 is 1.77 bits per heavy atom. The number of sulfonamides is 1. The van der Waals surface area contributed by atoms with Crippen molar-refractivity contribution < 1.29 is 31.1 Å². The summed E-state index contributed by atoms with van der Waals surface area (Å²) in [4.78, 5) is 11.1. The maximum Gasteiger partial charge on any atom is 0.391 e. The van der Waals surface area contributed by atoms with Crippen LogP contribution in [0.5, 0.6) is 0 Å². The van der Waals surface area contributed by atoms with Gasteiger partial charge in [0.05, 0.1) is 17.8 Å². The van der Waals surface area contributed by atoms with E-state index in [1.54, 1.807) is 0 Å². The van der Waals surface area contributed by atoms with Crippen LogP contribution in [0.2, 0.25) is 0 Å². The Kier molecular flexibility index (Phi) is 5.03. The highest BCUT2D eigenvalue weighted by molar-refractivity contribution is 7.89. The number of nitrogens with two attached hydrogens (primary N) is 1. The zero-order chi connectivity index (χ0) is 16.5. The van der Waals surface area contributed by atoms with Gasteiger partial charge in [-0.15, -0.1) is 0 Å². The Hall–Kier alpha value is -0.870. The van der Waals surface area contributed by atoms with Crippen molar-refractivity contribution in [2.45, 2.75) is 43.2 Å². The van der Waals surface area contributed by atoms with E-state index in [0.29, 0.717) is 0 Å². The van der Waals surface area contributed by atoms with E-state index in [1.807, 2.05) is 0 Å². The Labute approximate surface area is 126 Å². The topological polar surface area (TPSA) is 89.7 Å². The molecule has 2 rings (SSSR count). The molecule has 1 aliphatic carbocycles. The van der Waals surface area contributed by atoms with Crippen molar-refractivity contribution in [2.75, 3.05) is 19.7 Å². The van der Waals surface area contributed by atoms with Gasteiger partial charge in [-0.2, -0.15) is 17.5 Å². The summed E-state index contributed by atoms with van der Waals surface area (Å²) in [6, 6.07) is 0. The zero-order valence-electron chi connectivity index (χ0n) is 11.9. The Morgan fingerprint density at radius 3 is 2.27 bits per heavy atom. The molecule has 1 saturated heterocycles. The molecule has 6 nitrogen and oxygen atoms in total. The molecule has 0 radical (unpaired) electrons. The number of rotatable bonds is 3. The van der Waals surface area contributed by atoms with Crippen molar-refractivity contribution in [3.05, 3.63) is 0 Å². The molecular weight excluding hydrogens is 325 g/mol. The van der Waals surface area contributed by atoms with Crippen LogP contribution < -0.4 is 5.73 Å². The minimum Gasteiger partial charge on any atom is -0.367 e. The maximum absolute atomic E-state index is 12.6. The molecule has 22 heavy (non-hydrogen) atoms. The van der Waals surface area contributed by atoms with Gasteiger partial charge in [0.1, 0.15) is 6.10 Å². The van der Waals surface area contributed by atoms with Gasteiger partial charge in [-0.05, 0) is 25.7 Å². The molecule has 128 valence electrons. The van der Waals surface area contributed by atoms with E-state index in [4.69, 9.17) is 10.5 Å². The maximum atomic E-state index is 12.6. The lowest BCUT2D eigenvalue weighted by Gasteiger charge is -2.36. The number of carbonyl (C=O) groups is 1. The van der Waals surface area contributed by atoms with Gasteiger partial charge < -0.3 is 10.5 Å². The molecule has 0 aromatic heterocycles. The van der Waals surface area contributed by atoms with Gasteiger partial charge in [-0.3, -0.25) is 4.79 Å². The van der Waals surface area contributed by atoms with Crippen LogP contribution in [0.4, 0.5) is 13.2 Å². The Balaban J connectivity index is 2.01.